The monoisotopic (exact) mass is 263 g/mol. The van der Waals surface area contributed by atoms with Crippen molar-refractivity contribution in [2.45, 2.75) is 40.5 Å². The third-order valence-electron chi connectivity index (χ3n) is 2.82. The molecular weight excluding hydrogens is 238 g/mol. The molecule has 0 saturated heterocycles. The number of aryl methyl sites for hydroxylation is 1. The summed E-state index contributed by atoms with van der Waals surface area (Å²) in [6, 6.07) is 7.69. The maximum Gasteiger partial charge on any atom is 0.257 e. The molecule has 0 heterocycles. The zero-order chi connectivity index (χ0) is 14.3. The van der Waals surface area contributed by atoms with E-state index in [1.54, 1.807) is 0 Å². The number of benzene rings is 1. The van der Waals surface area contributed by atoms with Gasteiger partial charge in [-0.3, -0.25) is 4.79 Å². The molecule has 0 bridgehead atoms. The highest BCUT2D eigenvalue weighted by atomic mass is 16.5. The van der Waals surface area contributed by atoms with Crippen LogP contribution >= 0.6 is 0 Å². The molecule has 106 valence electrons. The first kappa shape index (κ1) is 15.5. The van der Waals surface area contributed by atoms with Gasteiger partial charge in [-0.25, -0.2) is 0 Å². The molecule has 0 atom stereocenters. The average Bonchev–Trinajstić information content (AvgIpc) is 2.33. The van der Waals surface area contributed by atoms with E-state index in [1.165, 1.54) is 5.56 Å². The largest absolute Gasteiger partial charge is 0.484 e. The quantitative estimate of drug-likeness (QED) is 0.800. The van der Waals surface area contributed by atoms with Crippen LogP contribution in [0.4, 0.5) is 0 Å². The normalized spacial score (nSPS) is 11.2. The fourth-order valence-corrected chi connectivity index (χ4v) is 1.68. The second kappa shape index (κ2) is 7.17. The molecule has 1 aromatic rings. The van der Waals surface area contributed by atoms with E-state index in [-0.39, 0.29) is 12.5 Å². The number of rotatable bonds is 6. The lowest BCUT2D eigenvalue weighted by Gasteiger charge is -2.17. The van der Waals surface area contributed by atoms with Crippen molar-refractivity contribution >= 4 is 5.91 Å². The zero-order valence-corrected chi connectivity index (χ0v) is 12.5. The summed E-state index contributed by atoms with van der Waals surface area (Å²) >= 11 is 0. The molecule has 0 radical (unpaired) electrons. The van der Waals surface area contributed by atoms with E-state index < -0.39 is 0 Å². The number of carbonyl (C=O) groups is 1. The van der Waals surface area contributed by atoms with Crippen LogP contribution in [0.1, 0.15) is 39.2 Å². The summed E-state index contributed by atoms with van der Waals surface area (Å²) in [5, 5.41) is 2.87. The Labute approximate surface area is 116 Å². The van der Waals surface area contributed by atoms with Gasteiger partial charge in [0.1, 0.15) is 5.75 Å². The van der Waals surface area contributed by atoms with E-state index in [2.05, 4.69) is 26.1 Å². The first-order valence-electron chi connectivity index (χ1n) is 6.83. The van der Waals surface area contributed by atoms with Gasteiger partial charge in [-0.05, 0) is 37.3 Å². The van der Waals surface area contributed by atoms with Crippen LogP contribution < -0.4 is 10.1 Å². The summed E-state index contributed by atoms with van der Waals surface area (Å²) in [6.07, 6.45) is 2.10. The Hall–Kier alpha value is -1.51. The molecule has 3 nitrogen and oxygen atoms in total. The van der Waals surface area contributed by atoms with Crippen molar-refractivity contribution < 1.29 is 9.53 Å². The molecule has 0 aromatic heterocycles. The highest BCUT2D eigenvalue weighted by molar-refractivity contribution is 5.77. The molecule has 0 aliphatic carbocycles. The summed E-state index contributed by atoms with van der Waals surface area (Å²) in [7, 11) is 0. The summed E-state index contributed by atoms with van der Waals surface area (Å²) in [4.78, 5) is 11.6. The van der Waals surface area contributed by atoms with Crippen LogP contribution in [0.5, 0.6) is 5.75 Å². The molecule has 0 aliphatic heterocycles. The third-order valence-corrected chi connectivity index (χ3v) is 2.82. The average molecular weight is 263 g/mol. The summed E-state index contributed by atoms with van der Waals surface area (Å²) < 4.78 is 5.41. The number of hydrogen-bond donors (Lipinski definition) is 1. The molecular formula is C16H25NO2. The van der Waals surface area contributed by atoms with Crippen LogP contribution in [0, 0.1) is 12.3 Å². The van der Waals surface area contributed by atoms with Crippen LogP contribution in [0.3, 0.4) is 0 Å². The van der Waals surface area contributed by atoms with Crippen molar-refractivity contribution in [3.05, 3.63) is 29.8 Å². The third kappa shape index (κ3) is 7.50. The first-order chi connectivity index (χ1) is 8.87. The van der Waals surface area contributed by atoms with E-state index in [1.807, 2.05) is 31.2 Å². The van der Waals surface area contributed by atoms with Crippen LogP contribution in [0.2, 0.25) is 0 Å². The molecule has 0 aliphatic rings. The maximum atomic E-state index is 11.6. The number of hydrogen-bond acceptors (Lipinski definition) is 2. The molecule has 1 aromatic carbocycles. The van der Waals surface area contributed by atoms with Gasteiger partial charge in [0, 0.05) is 6.54 Å². The smallest absolute Gasteiger partial charge is 0.257 e. The van der Waals surface area contributed by atoms with Gasteiger partial charge in [0.2, 0.25) is 0 Å². The van der Waals surface area contributed by atoms with Crippen molar-refractivity contribution in [3.8, 4) is 5.75 Å². The van der Waals surface area contributed by atoms with E-state index in [0.717, 1.165) is 18.6 Å². The Bertz CT molecular complexity index is 390. The molecule has 0 saturated carbocycles. The van der Waals surface area contributed by atoms with Crippen molar-refractivity contribution in [3.63, 3.8) is 0 Å². The van der Waals surface area contributed by atoms with Crippen LogP contribution in [-0.2, 0) is 4.79 Å². The molecule has 3 heteroatoms. The lowest BCUT2D eigenvalue weighted by Crippen LogP contribution is -2.30. The SMILES string of the molecule is Cc1ccc(OCC(=O)NCCCC(C)(C)C)cc1. The van der Waals surface area contributed by atoms with Gasteiger partial charge >= 0.3 is 0 Å². The summed E-state index contributed by atoms with van der Waals surface area (Å²) in [6.45, 7) is 9.43. The number of nitrogens with one attached hydrogen (secondary N) is 1. The van der Waals surface area contributed by atoms with Crippen LogP contribution in [0.15, 0.2) is 24.3 Å². The van der Waals surface area contributed by atoms with Crippen LogP contribution in [0.25, 0.3) is 0 Å². The summed E-state index contributed by atoms with van der Waals surface area (Å²) in [5.74, 6) is 0.671. The molecule has 0 unspecified atom stereocenters. The van der Waals surface area contributed by atoms with Gasteiger partial charge in [0.25, 0.3) is 5.91 Å². The predicted molar refractivity (Wildman–Crippen MR) is 78.4 cm³/mol. The van der Waals surface area contributed by atoms with Crippen molar-refractivity contribution in [1.82, 2.24) is 5.32 Å². The molecule has 1 amide bonds. The van der Waals surface area contributed by atoms with E-state index in [9.17, 15) is 4.79 Å². The first-order valence-corrected chi connectivity index (χ1v) is 6.83. The molecule has 0 fully saturated rings. The second-order valence-corrected chi connectivity index (χ2v) is 6.12. The fraction of sp³-hybridized carbons (Fsp3) is 0.562. The number of ether oxygens (including phenoxy) is 1. The standard InChI is InChI=1S/C16H25NO2/c1-13-6-8-14(9-7-13)19-12-15(18)17-11-5-10-16(2,3)4/h6-9H,5,10-12H2,1-4H3,(H,17,18). The Kier molecular flexibility index (Phi) is 5.87. The minimum Gasteiger partial charge on any atom is -0.484 e. The summed E-state index contributed by atoms with van der Waals surface area (Å²) in [5.41, 5.74) is 1.50. The van der Waals surface area contributed by atoms with Crippen molar-refractivity contribution in [2.75, 3.05) is 13.2 Å². The highest BCUT2D eigenvalue weighted by Gasteiger charge is 2.09. The van der Waals surface area contributed by atoms with Gasteiger partial charge in [0.15, 0.2) is 6.61 Å². The lowest BCUT2D eigenvalue weighted by atomic mass is 9.91. The van der Waals surface area contributed by atoms with E-state index in [4.69, 9.17) is 4.74 Å². The van der Waals surface area contributed by atoms with E-state index in [0.29, 0.717) is 12.0 Å². The Morgan fingerprint density at radius 3 is 2.42 bits per heavy atom. The minimum atomic E-state index is -0.0607. The minimum absolute atomic E-state index is 0.0607. The Balaban J connectivity index is 2.16. The molecule has 1 N–H and O–H groups in total. The lowest BCUT2D eigenvalue weighted by molar-refractivity contribution is -0.123. The highest BCUT2D eigenvalue weighted by Crippen LogP contribution is 2.19. The Morgan fingerprint density at radius 1 is 1.21 bits per heavy atom. The van der Waals surface area contributed by atoms with Crippen molar-refractivity contribution in [1.29, 1.82) is 0 Å². The van der Waals surface area contributed by atoms with Gasteiger partial charge in [-0.2, -0.15) is 0 Å². The molecule has 1 rings (SSSR count). The molecule has 19 heavy (non-hydrogen) atoms. The zero-order valence-electron chi connectivity index (χ0n) is 12.5. The van der Waals surface area contributed by atoms with E-state index >= 15 is 0 Å². The second-order valence-electron chi connectivity index (χ2n) is 6.12. The van der Waals surface area contributed by atoms with Gasteiger partial charge < -0.3 is 10.1 Å². The fourth-order valence-electron chi connectivity index (χ4n) is 1.68. The van der Waals surface area contributed by atoms with Gasteiger partial charge in [-0.1, -0.05) is 38.5 Å². The van der Waals surface area contributed by atoms with Crippen molar-refractivity contribution in [2.24, 2.45) is 5.41 Å². The van der Waals surface area contributed by atoms with Crippen LogP contribution in [-0.4, -0.2) is 19.1 Å². The number of carbonyl (C=O) groups excluding carboxylic acids is 1. The topological polar surface area (TPSA) is 38.3 Å². The Morgan fingerprint density at radius 2 is 1.84 bits per heavy atom. The maximum absolute atomic E-state index is 11.6. The number of amides is 1. The predicted octanol–water partition coefficient (Wildman–Crippen LogP) is 3.32. The van der Waals surface area contributed by atoms with Gasteiger partial charge in [-0.15, -0.1) is 0 Å². The molecule has 0 spiro atoms. The van der Waals surface area contributed by atoms with Gasteiger partial charge in [0.05, 0.1) is 0 Å².